The van der Waals surface area contributed by atoms with E-state index in [1.54, 1.807) is 0 Å². The van der Waals surface area contributed by atoms with Gasteiger partial charge < -0.3 is 4.90 Å². The first-order chi connectivity index (χ1) is 11.3. The molecule has 0 spiro atoms. The van der Waals surface area contributed by atoms with E-state index in [-0.39, 0.29) is 5.91 Å². The smallest absolute Gasteiger partial charge is 0.223 e. The average molecular weight is 307 g/mol. The van der Waals surface area contributed by atoms with Crippen LogP contribution in [0, 0.1) is 0 Å². The lowest BCUT2D eigenvalue weighted by Crippen LogP contribution is -2.29. The van der Waals surface area contributed by atoms with Crippen molar-refractivity contribution >= 4 is 5.91 Å². The number of benzene rings is 2. The molecule has 23 heavy (non-hydrogen) atoms. The second kappa shape index (κ2) is 9.62. The second-order valence-corrected chi connectivity index (χ2v) is 5.76. The molecule has 2 rings (SSSR count). The molecule has 120 valence electrons. The van der Waals surface area contributed by atoms with E-state index in [4.69, 9.17) is 0 Å². The summed E-state index contributed by atoms with van der Waals surface area (Å²) in [5.74, 6) is 0.224. The van der Waals surface area contributed by atoms with E-state index < -0.39 is 0 Å². The molecule has 0 bridgehead atoms. The largest absolute Gasteiger partial charge is 0.334 e. The molecule has 2 aromatic rings. The maximum atomic E-state index is 12.6. The highest BCUT2D eigenvalue weighted by atomic mass is 16.2. The Kier molecular flexibility index (Phi) is 7.12. The van der Waals surface area contributed by atoms with Crippen molar-refractivity contribution in [3.05, 3.63) is 84.4 Å². The molecule has 0 unspecified atom stereocenters. The van der Waals surface area contributed by atoms with Gasteiger partial charge in [-0.3, -0.25) is 4.79 Å². The molecule has 0 heterocycles. The molecule has 0 radical (unpaired) electrons. The summed E-state index contributed by atoms with van der Waals surface area (Å²) in [6.45, 7) is 5.05. The third-order valence-corrected chi connectivity index (χ3v) is 3.83. The van der Waals surface area contributed by atoms with Gasteiger partial charge in [-0.1, -0.05) is 66.7 Å². The van der Waals surface area contributed by atoms with Crippen molar-refractivity contribution in [1.29, 1.82) is 0 Å². The van der Waals surface area contributed by atoms with Crippen LogP contribution < -0.4 is 0 Å². The molecule has 0 aliphatic heterocycles. The van der Waals surface area contributed by atoms with Gasteiger partial charge in [0.15, 0.2) is 0 Å². The summed E-state index contributed by atoms with van der Waals surface area (Å²) in [6, 6.07) is 20.4. The Hall–Kier alpha value is -2.35. The van der Waals surface area contributed by atoms with Gasteiger partial charge in [-0.2, -0.15) is 0 Å². The van der Waals surface area contributed by atoms with E-state index in [0.29, 0.717) is 19.5 Å². The predicted molar refractivity (Wildman–Crippen MR) is 95.8 cm³/mol. The van der Waals surface area contributed by atoms with Crippen LogP contribution in [-0.4, -0.2) is 10.8 Å². The normalized spacial score (nSPS) is 10.3. The van der Waals surface area contributed by atoms with Crippen LogP contribution in [-0.2, 0) is 17.9 Å². The van der Waals surface area contributed by atoms with Crippen LogP contribution in [0.1, 0.15) is 36.8 Å². The maximum Gasteiger partial charge on any atom is 0.223 e. The summed E-state index contributed by atoms with van der Waals surface area (Å²) in [5, 5.41) is 0. The lowest BCUT2D eigenvalue weighted by Gasteiger charge is -2.23. The molecular formula is C21H25NO. The number of allylic oxidation sites excluding steroid dienone is 1. The van der Waals surface area contributed by atoms with Crippen LogP contribution in [0.3, 0.4) is 0 Å². The van der Waals surface area contributed by atoms with E-state index in [1.165, 1.54) is 11.1 Å². The number of nitrogens with zero attached hydrogens (tertiary/aromatic N) is 1. The van der Waals surface area contributed by atoms with Crippen LogP contribution in [0.2, 0.25) is 0 Å². The minimum atomic E-state index is 0.224. The summed E-state index contributed by atoms with van der Waals surface area (Å²) < 4.78 is 0. The van der Waals surface area contributed by atoms with Gasteiger partial charge in [-0.25, -0.2) is 0 Å². The molecule has 0 saturated carbocycles. The zero-order valence-electron chi connectivity index (χ0n) is 13.7. The molecule has 0 N–H and O–H groups in total. The number of rotatable bonds is 9. The Morgan fingerprint density at radius 2 is 1.39 bits per heavy atom. The van der Waals surface area contributed by atoms with Gasteiger partial charge in [0.2, 0.25) is 5.91 Å². The maximum absolute atomic E-state index is 12.6. The van der Waals surface area contributed by atoms with Gasteiger partial charge >= 0.3 is 0 Å². The summed E-state index contributed by atoms with van der Waals surface area (Å²) >= 11 is 0. The Bertz CT molecular complexity index is 550. The molecule has 0 aromatic heterocycles. The average Bonchev–Trinajstić information content (AvgIpc) is 2.60. The van der Waals surface area contributed by atoms with Crippen LogP contribution in [0.4, 0.5) is 0 Å². The third kappa shape index (κ3) is 6.11. The molecule has 0 saturated heterocycles. The number of unbranched alkanes of at least 4 members (excludes halogenated alkanes) is 2. The highest BCUT2D eigenvalue weighted by Gasteiger charge is 2.14. The number of carbonyl (C=O) groups is 1. The molecule has 2 aromatic carbocycles. The minimum absolute atomic E-state index is 0.224. The molecule has 0 atom stereocenters. The number of hydrogen-bond donors (Lipinski definition) is 0. The molecular weight excluding hydrogens is 282 g/mol. The van der Waals surface area contributed by atoms with Crippen molar-refractivity contribution in [1.82, 2.24) is 4.90 Å². The molecule has 1 amide bonds. The Morgan fingerprint density at radius 1 is 0.870 bits per heavy atom. The molecule has 0 aliphatic rings. The van der Waals surface area contributed by atoms with Gasteiger partial charge in [-0.15, -0.1) is 6.58 Å². The van der Waals surface area contributed by atoms with E-state index in [9.17, 15) is 4.79 Å². The van der Waals surface area contributed by atoms with E-state index >= 15 is 0 Å². The van der Waals surface area contributed by atoms with Gasteiger partial charge in [0.25, 0.3) is 0 Å². The Morgan fingerprint density at radius 3 is 1.87 bits per heavy atom. The zero-order chi connectivity index (χ0) is 16.3. The fraction of sp³-hybridized carbons (Fsp3) is 0.286. The second-order valence-electron chi connectivity index (χ2n) is 5.76. The number of hydrogen-bond acceptors (Lipinski definition) is 1. The molecule has 2 nitrogen and oxygen atoms in total. The number of carbonyl (C=O) groups excluding carboxylic acids is 1. The Labute approximate surface area is 139 Å². The van der Waals surface area contributed by atoms with E-state index in [1.807, 2.05) is 47.4 Å². The van der Waals surface area contributed by atoms with Gasteiger partial charge in [0.1, 0.15) is 0 Å². The van der Waals surface area contributed by atoms with Crippen LogP contribution in [0.15, 0.2) is 73.3 Å². The summed E-state index contributed by atoms with van der Waals surface area (Å²) in [7, 11) is 0. The number of amides is 1. The fourth-order valence-corrected chi connectivity index (χ4v) is 2.56. The standard InChI is InChI=1S/C21H25NO/c1-2-3-4-11-16-21(23)22(17-19-12-7-5-8-13-19)18-20-14-9-6-10-15-20/h2,5-10,12-15H,1,3-4,11,16-18H2. The van der Waals surface area contributed by atoms with Crippen LogP contribution >= 0.6 is 0 Å². The van der Waals surface area contributed by atoms with Gasteiger partial charge in [0, 0.05) is 19.5 Å². The van der Waals surface area contributed by atoms with Crippen LogP contribution in [0.5, 0.6) is 0 Å². The van der Waals surface area contributed by atoms with Gasteiger partial charge in [-0.05, 0) is 30.4 Å². The SMILES string of the molecule is C=CCCCCC(=O)N(Cc1ccccc1)Cc1ccccc1. The molecule has 2 heteroatoms. The van der Waals surface area contributed by atoms with Crippen molar-refractivity contribution < 1.29 is 4.79 Å². The Balaban J connectivity index is 2.01. The van der Waals surface area contributed by atoms with Crippen LogP contribution in [0.25, 0.3) is 0 Å². The monoisotopic (exact) mass is 307 g/mol. The lowest BCUT2D eigenvalue weighted by molar-refractivity contribution is -0.132. The molecule has 0 fully saturated rings. The van der Waals surface area contributed by atoms with E-state index in [2.05, 4.69) is 30.8 Å². The summed E-state index contributed by atoms with van der Waals surface area (Å²) in [5.41, 5.74) is 2.34. The highest BCUT2D eigenvalue weighted by molar-refractivity contribution is 5.76. The first-order valence-electron chi connectivity index (χ1n) is 8.26. The lowest BCUT2D eigenvalue weighted by atomic mass is 10.1. The van der Waals surface area contributed by atoms with Gasteiger partial charge in [0.05, 0.1) is 0 Å². The topological polar surface area (TPSA) is 20.3 Å². The van der Waals surface area contributed by atoms with Crippen molar-refractivity contribution in [3.63, 3.8) is 0 Å². The quantitative estimate of drug-likeness (QED) is 0.473. The first kappa shape index (κ1) is 17.0. The van der Waals surface area contributed by atoms with Crippen molar-refractivity contribution in [2.24, 2.45) is 0 Å². The first-order valence-corrected chi connectivity index (χ1v) is 8.26. The highest BCUT2D eigenvalue weighted by Crippen LogP contribution is 2.13. The summed E-state index contributed by atoms with van der Waals surface area (Å²) in [6.07, 6.45) is 5.44. The third-order valence-electron chi connectivity index (χ3n) is 3.83. The summed E-state index contributed by atoms with van der Waals surface area (Å²) in [4.78, 5) is 14.6. The van der Waals surface area contributed by atoms with Crippen molar-refractivity contribution in [3.8, 4) is 0 Å². The fourth-order valence-electron chi connectivity index (χ4n) is 2.56. The van der Waals surface area contributed by atoms with Crippen molar-refractivity contribution in [2.75, 3.05) is 0 Å². The molecule has 0 aliphatic carbocycles. The zero-order valence-corrected chi connectivity index (χ0v) is 13.7. The minimum Gasteiger partial charge on any atom is -0.334 e. The van der Waals surface area contributed by atoms with E-state index in [0.717, 1.165) is 19.3 Å². The van der Waals surface area contributed by atoms with Crippen molar-refractivity contribution in [2.45, 2.75) is 38.8 Å². The predicted octanol–water partition coefficient (Wildman–Crippen LogP) is 4.96.